The predicted molar refractivity (Wildman–Crippen MR) is 72.0 cm³/mol. The van der Waals surface area contributed by atoms with Crippen LogP contribution in [0.3, 0.4) is 0 Å². The molecule has 1 aromatic carbocycles. The van der Waals surface area contributed by atoms with Crippen molar-refractivity contribution in [2.75, 3.05) is 11.4 Å². The lowest BCUT2D eigenvalue weighted by Gasteiger charge is -2.18. The number of nitrogens with zero attached hydrogens (tertiary/aromatic N) is 1. The Balaban J connectivity index is 2.39. The topological polar surface area (TPSA) is 101 Å². The number of amides is 1. The van der Waals surface area contributed by atoms with Gasteiger partial charge in [0.25, 0.3) is 0 Å². The average Bonchev–Trinajstić information content (AvgIpc) is 2.65. The van der Waals surface area contributed by atoms with E-state index >= 15 is 0 Å². The Morgan fingerprint density at radius 1 is 1.32 bits per heavy atom. The van der Waals surface area contributed by atoms with E-state index < -0.39 is 21.2 Å². The number of hydrogen-bond donors (Lipinski definition) is 2. The van der Waals surface area contributed by atoms with Crippen molar-refractivity contribution >= 4 is 44.8 Å². The van der Waals surface area contributed by atoms with Crippen molar-refractivity contribution in [3.63, 3.8) is 0 Å². The second-order valence-electron chi connectivity index (χ2n) is 4.17. The van der Waals surface area contributed by atoms with Gasteiger partial charge in [-0.15, -0.1) is 0 Å². The Kier molecular flexibility index (Phi) is 3.65. The van der Waals surface area contributed by atoms with Crippen molar-refractivity contribution in [1.29, 1.82) is 0 Å². The van der Waals surface area contributed by atoms with Crippen molar-refractivity contribution in [2.24, 2.45) is 5.14 Å². The Bertz CT molecular complexity index is 647. The molecule has 0 saturated carbocycles. The zero-order valence-electron chi connectivity index (χ0n) is 9.51. The van der Waals surface area contributed by atoms with Gasteiger partial charge in [-0.2, -0.15) is 0 Å². The third-order valence-electron chi connectivity index (χ3n) is 2.86. The summed E-state index contributed by atoms with van der Waals surface area (Å²) in [5.41, 5.74) is 0.208. The second kappa shape index (κ2) is 4.82. The monoisotopic (exact) mass is 324 g/mol. The van der Waals surface area contributed by atoms with E-state index in [4.69, 9.17) is 28.3 Å². The number of rotatable bonds is 2. The molecule has 0 aliphatic carbocycles. The number of hydrogen-bond acceptors (Lipinski definition) is 4. The molecule has 2 rings (SSSR count). The molecule has 1 aliphatic heterocycles. The van der Waals surface area contributed by atoms with E-state index in [1.807, 2.05) is 0 Å². The SMILES string of the molecule is NS(=O)(=O)C1CC(=O)N(c2cc(O)c(Cl)cc2Cl)C1. The van der Waals surface area contributed by atoms with Crippen LogP contribution in [0.2, 0.25) is 10.0 Å². The predicted octanol–water partition coefficient (Wildman–Crippen LogP) is 1.09. The molecule has 1 aromatic rings. The van der Waals surface area contributed by atoms with Gasteiger partial charge in [-0.25, -0.2) is 13.6 Å². The van der Waals surface area contributed by atoms with Gasteiger partial charge in [0.05, 0.1) is 15.7 Å². The Morgan fingerprint density at radius 2 is 1.95 bits per heavy atom. The molecule has 1 amide bonds. The van der Waals surface area contributed by atoms with E-state index in [1.54, 1.807) is 0 Å². The van der Waals surface area contributed by atoms with Crippen LogP contribution in [-0.2, 0) is 14.8 Å². The molecule has 1 fully saturated rings. The van der Waals surface area contributed by atoms with Gasteiger partial charge in [0.2, 0.25) is 15.9 Å². The molecule has 1 unspecified atom stereocenters. The van der Waals surface area contributed by atoms with E-state index in [1.165, 1.54) is 17.0 Å². The molecule has 0 aromatic heterocycles. The quantitative estimate of drug-likeness (QED) is 0.850. The highest BCUT2D eigenvalue weighted by molar-refractivity contribution is 7.89. The van der Waals surface area contributed by atoms with E-state index in [-0.39, 0.29) is 34.4 Å². The lowest BCUT2D eigenvalue weighted by atomic mass is 10.2. The molecule has 0 spiro atoms. The second-order valence-corrected chi connectivity index (χ2v) is 6.83. The molecular weight excluding hydrogens is 315 g/mol. The summed E-state index contributed by atoms with van der Waals surface area (Å²) in [6.45, 7) is -0.0988. The summed E-state index contributed by atoms with van der Waals surface area (Å²) in [6, 6.07) is 2.50. The third-order valence-corrected chi connectivity index (χ3v) is 4.71. The zero-order chi connectivity index (χ0) is 14.4. The molecule has 1 heterocycles. The lowest BCUT2D eigenvalue weighted by Crippen LogP contribution is -2.32. The van der Waals surface area contributed by atoms with Gasteiger partial charge in [0.15, 0.2) is 0 Å². The maximum atomic E-state index is 11.8. The number of benzene rings is 1. The minimum absolute atomic E-state index is 0.0448. The number of anilines is 1. The van der Waals surface area contributed by atoms with Crippen LogP contribution in [0.5, 0.6) is 5.75 Å². The van der Waals surface area contributed by atoms with Crippen molar-refractivity contribution in [3.05, 3.63) is 22.2 Å². The summed E-state index contributed by atoms with van der Waals surface area (Å²) < 4.78 is 22.5. The van der Waals surface area contributed by atoms with E-state index in [0.29, 0.717) is 0 Å². The number of phenolic OH excluding ortho intramolecular Hbond substituents is 1. The number of primary sulfonamides is 1. The Labute approximate surface area is 119 Å². The summed E-state index contributed by atoms with van der Waals surface area (Å²) >= 11 is 11.6. The highest BCUT2D eigenvalue weighted by Gasteiger charge is 2.38. The fraction of sp³-hybridized carbons (Fsp3) is 0.300. The van der Waals surface area contributed by atoms with Gasteiger partial charge in [-0.05, 0) is 6.07 Å². The number of sulfonamides is 1. The fourth-order valence-electron chi connectivity index (χ4n) is 1.86. The smallest absolute Gasteiger partial charge is 0.228 e. The molecule has 19 heavy (non-hydrogen) atoms. The highest BCUT2D eigenvalue weighted by Crippen LogP contribution is 2.37. The van der Waals surface area contributed by atoms with Crippen molar-refractivity contribution in [3.8, 4) is 5.75 Å². The van der Waals surface area contributed by atoms with Gasteiger partial charge in [-0.1, -0.05) is 23.2 Å². The van der Waals surface area contributed by atoms with Crippen molar-refractivity contribution < 1.29 is 18.3 Å². The largest absolute Gasteiger partial charge is 0.506 e. The molecule has 104 valence electrons. The van der Waals surface area contributed by atoms with Crippen LogP contribution in [-0.4, -0.2) is 31.2 Å². The summed E-state index contributed by atoms with van der Waals surface area (Å²) in [4.78, 5) is 13.0. The number of nitrogens with two attached hydrogens (primary N) is 1. The number of carbonyl (C=O) groups is 1. The van der Waals surface area contributed by atoms with E-state index in [9.17, 15) is 18.3 Å². The third kappa shape index (κ3) is 2.79. The number of phenols is 1. The molecule has 0 bridgehead atoms. The first-order valence-corrected chi connectivity index (χ1v) is 7.56. The molecule has 6 nitrogen and oxygen atoms in total. The van der Waals surface area contributed by atoms with Crippen LogP contribution in [0.4, 0.5) is 5.69 Å². The van der Waals surface area contributed by atoms with Gasteiger partial charge in [0.1, 0.15) is 11.0 Å². The molecule has 1 atom stereocenters. The zero-order valence-corrected chi connectivity index (χ0v) is 11.8. The number of aromatic hydroxyl groups is 1. The summed E-state index contributed by atoms with van der Waals surface area (Å²) in [6.07, 6.45) is -0.210. The van der Waals surface area contributed by atoms with Gasteiger partial charge < -0.3 is 10.0 Å². The van der Waals surface area contributed by atoms with Crippen LogP contribution in [0.1, 0.15) is 6.42 Å². The molecule has 0 radical (unpaired) electrons. The van der Waals surface area contributed by atoms with Crippen LogP contribution in [0.15, 0.2) is 12.1 Å². The summed E-state index contributed by atoms with van der Waals surface area (Å²) in [7, 11) is -3.80. The maximum Gasteiger partial charge on any atom is 0.228 e. The molecule has 1 aliphatic rings. The Morgan fingerprint density at radius 3 is 2.47 bits per heavy atom. The highest BCUT2D eigenvalue weighted by atomic mass is 35.5. The van der Waals surface area contributed by atoms with E-state index in [2.05, 4.69) is 0 Å². The van der Waals surface area contributed by atoms with Crippen LogP contribution in [0, 0.1) is 0 Å². The van der Waals surface area contributed by atoms with Crippen LogP contribution in [0.25, 0.3) is 0 Å². The standard InChI is InChI=1S/C10H10Cl2N2O4S/c11-6-2-7(12)9(15)3-8(6)14-4-5(1-10(14)16)19(13,17)18/h2-3,5,15H,1,4H2,(H2,13,17,18). The summed E-state index contributed by atoms with van der Waals surface area (Å²) in [5.74, 6) is -0.671. The first-order valence-electron chi connectivity index (χ1n) is 5.20. The van der Waals surface area contributed by atoms with Gasteiger partial charge in [0, 0.05) is 19.0 Å². The van der Waals surface area contributed by atoms with Crippen LogP contribution < -0.4 is 10.0 Å². The van der Waals surface area contributed by atoms with Crippen LogP contribution >= 0.6 is 23.2 Å². The summed E-state index contributed by atoms with van der Waals surface area (Å²) in [5, 5.41) is 13.8. The normalized spacial score (nSPS) is 20.1. The number of halogens is 2. The first kappa shape index (κ1) is 14.4. The minimum Gasteiger partial charge on any atom is -0.506 e. The first-order chi connectivity index (χ1) is 8.70. The van der Waals surface area contributed by atoms with Gasteiger partial charge in [-0.3, -0.25) is 4.79 Å². The van der Waals surface area contributed by atoms with Crippen molar-refractivity contribution in [2.45, 2.75) is 11.7 Å². The minimum atomic E-state index is -3.80. The van der Waals surface area contributed by atoms with Crippen molar-refractivity contribution in [1.82, 2.24) is 0 Å². The van der Waals surface area contributed by atoms with Gasteiger partial charge >= 0.3 is 0 Å². The molecular formula is C10H10Cl2N2O4S. The fourth-order valence-corrected chi connectivity index (χ4v) is 3.08. The molecule has 1 saturated heterocycles. The van der Waals surface area contributed by atoms with E-state index in [0.717, 1.165) is 0 Å². The number of carbonyl (C=O) groups excluding carboxylic acids is 1. The average molecular weight is 325 g/mol. The maximum absolute atomic E-state index is 11.8. The lowest BCUT2D eigenvalue weighted by molar-refractivity contribution is -0.117. The Hall–Kier alpha value is -1.02. The molecule has 3 N–H and O–H groups in total. The molecule has 9 heteroatoms.